The van der Waals surface area contributed by atoms with Crippen LogP contribution in [0.5, 0.6) is 0 Å². The van der Waals surface area contributed by atoms with E-state index in [0.717, 1.165) is 49.0 Å². The topological polar surface area (TPSA) is 136 Å². The van der Waals surface area contributed by atoms with Gasteiger partial charge in [-0.3, -0.25) is 9.59 Å². The van der Waals surface area contributed by atoms with Crippen LogP contribution in [0.25, 0.3) is 21.3 Å². The number of hydrogen-bond donors (Lipinski definition) is 4. The number of nitrogens with one attached hydrogen (secondary N) is 2. The Labute approximate surface area is 329 Å². The molecule has 0 radical (unpaired) electrons. The van der Waals surface area contributed by atoms with E-state index in [1.54, 1.807) is 35.2 Å². The van der Waals surface area contributed by atoms with Gasteiger partial charge in [0.15, 0.2) is 10.6 Å². The highest BCUT2D eigenvalue weighted by atomic mass is 32.2. The fourth-order valence-corrected chi connectivity index (χ4v) is 8.62. The number of benzene rings is 5. The molecular formula is C44H44N4O5S2. The molecule has 5 aromatic carbocycles. The number of thioether (sulfide) groups is 1. The van der Waals surface area contributed by atoms with Crippen LogP contribution in [0.1, 0.15) is 66.8 Å². The number of thiazole rings is 1. The van der Waals surface area contributed by atoms with Gasteiger partial charge in [-0.1, -0.05) is 96.7 Å². The van der Waals surface area contributed by atoms with E-state index in [9.17, 15) is 14.7 Å². The van der Waals surface area contributed by atoms with Crippen LogP contribution >= 0.6 is 23.1 Å². The van der Waals surface area contributed by atoms with Crippen molar-refractivity contribution in [3.63, 3.8) is 0 Å². The predicted molar refractivity (Wildman–Crippen MR) is 220 cm³/mol. The number of nitrogen functional groups attached to an aromatic ring is 1. The quantitative estimate of drug-likeness (QED) is 0.0461. The first kappa shape index (κ1) is 38.2. The highest BCUT2D eigenvalue weighted by molar-refractivity contribution is 8.01. The van der Waals surface area contributed by atoms with Crippen molar-refractivity contribution >= 4 is 56.5 Å². The summed E-state index contributed by atoms with van der Waals surface area (Å²) < 4.78 is 15.5. The smallest absolute Gasteiger partial charge is 0.224 e. The van der Waals surface area contributed by atoms with E-state index in [-0.39, 0.29) is 30.6 Å². The van der Waals surface area contributed by atoms with Gasteiger partial charge in [0.1, 0.15) is 0 Å². The van der Waals surface area contributed by atoms with Crippen molar-refractivity contribution < 1.29 is 24.2 Å². The van der Waals surface area contributed by atoms with Crippen LogP contribution < -0.4 is 16.4 Å². The Balaban J connectivity index is 0.963. The number of ether oxygens (including phenoxy) is 2. The molecule has 11 heteroatoms. The third kappa shape index (κ3) is 10.4. The number of carbonyl (C=O) groups excluding carboxylic acids is 2. The Morgan fingerprint density at radius 2 is 1.55 bits per heavy atom. The monoisotopic (exact) mass is 772 g/mol. The summed E-state index contributed by atoms with van der Waals surface area (Å²) in [5.41, 5.74) is 13.9. The number of hydrogen-bond acceptors (Lipinski definition) is 9. The number of para-hydroxylation sites is 3. The van der Waals surface area contributed by atoms with Crippen molar-refractivity contribution in [3.05, 3.63) is 144 Å². The Morgan fingerprint density at radius 1 is 0.800 bits per heavy atom. The maximum Gasteiger partial charge on any atom is 0.224 e. The number of amides is 2. The van der Waals surface area contributed by atoms with E-state index in [2.05, 4.69) is 41.0 Å². The number of rotatable bonds is 15. The molecule has 55 heavy (non-hydrogen) atoms. The van der Waals surface area contributed by atoms with Crippen LogP contribution in [-0.2, 0) is 32.2 Å². The lowest BCUT2D eigenvalue weighted by Gasteiger charge is -2.36. The first-order valence-corrected chi connectivity index (χ1v) is 20.3. The van der Waals surface area contributed by atoms with Gasteiger partial charge in [-0.05, 0) is 77.1 Å². The van der Waals surface area contributed by atoms with E-state index in [0.29, 0.717) is 50.0 Å². The van der Waals surface area contributed by atoms with Gasteiger partial charge in [-0.25, -0.2) is 4.98 Å². The summed E-state index contributed by atoms with van der Waals surface area (Å²) in [4.78, 5) is 29.8. The fourth-order valence-electron chi connectivity index (χ4n) is 6.51. The van der Waals surface area contributed by atoms with Crippen molar-refractivity contribution in [1.29, 1.82) is 0 Å². The summed E-state index contributed by atoms with van der Waals surface area (Å²) in [7, 11) is 0. The van der Waals surface area contributed by atoms with Crippen LogP contribution in [0.2, 0.25) is 0 Å². The number of aliphatic hydroxyl groups excluding tert-OH is 1. The SMILES string of the molecule is Nc1ccccc1NC(=O)CCCCC(=O)NCc1cccc(-c2cccc([C@@H]3O[C@H](CSc4nc5ccccc5s4)C[C@H](c4ccc(CO)cc4)O3)c2)c1. The first-order valence-electron chi connectivity index (χ1n) is 18.5. The van der Waals surface area contributed by atoms with Gasteiger partial charge >= 0.3 is 0 Å². The Hall–Kier alpha value is -5.04. The summed E-state index contributed by atoms with van der Waals surface area (Å²) in [5, 5.41) is 15.4. The zero-order chi connectivity index (χ0) is 38.0. The average molecular weight is 773 g/mol. The van der Waals surface area contributed by atoms with Crippen LogP contribution in [-0.4, -0.2) is 33.8 Å². The molecule has 0 saturated carbocycles. The van der Waals surface area contributed by atoms with Crippen LogP contribution in [0.4, 0.5) is 11.4 Å². The van der Waals surface area contributed by atoms with Crippen molar-refractivity contribution in [2.75, 3.05) is 16.8 Å². The van der Waals surface area contributed by atoms with E-state index in [1.807, 2.05) is 78.9 Å². The molecule has 9 nitrogen and oxygen atoms in total. The molecule has 2 amide bonds. The van der Waals surface area contributed by atoms with Gasteiger partial charge in [0.05, 0.1) is 40.4 Å². The lowest BCUT2D eigenvalue weighted by Crippen LogP contribution is -2.31. The van der Waals surface area contributed by atoms with E-state index < -0.39 is 6.29 Å². The second-order valence-electron chi connectivity index (χ2n) is 13.6. The lowest BCUT2D eigenvalue weighted by atomic mass is 9.99. The summed E-state index contributed by atoms with van der Waals surface area (Å²) in [6.45, 7) is 0.396. The van der Waals surface area contributed by atoms with E-state index in [4.69, 9.17) is 20.2 Å². The van der Waals surface area contributed by atoms with Crippen molar-refractivity contribution in [2.45, 2.75) is 68.1 Å². The number of nitrogens with two attached hydrogens (primary N) is 1. The zero-order valence-electron chi connectivity index (χ0n) is 30.4. The van der Waals surface area contributed by atoms with Crippen molar-refractivity contribution in [1.82, 2.24) is 10.3 Å². The second-order valence-corrected chi connectivity index (χ2v) is 15.9. The lowest BCUT2D eigenvalue weighted by molar-refractivity contribution is -0.245. The molecule has 2 heterocycles. The molecule has 7 rings (SSSR count). The number of aromatic nitrogens is 1. The molecule has 1 aromatic heterocycles. The van der Waals surface area contributed by atoms with Gasteiger partial charge < -0.3 is 30.9 Å². The minimum Gasteiger partial charge on any atom is -0.397 e. The number of fused-ring (bicyclic) bond motifs is 1. The number of anilines is 2. The molecule has 3 atom stereocenters. The van der Waals surface area contributed by atoms with E-state index in [1.165, 1.54) is 4.70 Å². The largest absolute Gasteiger partial charge is 0.397 e. The van der Waals surface area contributed by atoms with Gasteiger partial charge in [0.2, 0.25) is 11.8 Å². The van der Waals surface area contributed by atoms with Gasteiger partial charge in [0.25, 0.3) is 0 Å². The standard InChI is InChI=1S/C44H44N4O5S2/c45-36-13-1-2-14-37(36)47-42(51)18-6-5-17-41(50)46-26-30-9-7-10-32(23-30)33-11-8-12-34(24-33)43-52-35(25-39(53-43)31-21-19-29(27-49)20-22-31)28-54-44-48-38-15-3-4-16-40(38)55-44/h1-4,7-16,19-24,35,39,43,49H,5-6,17-18,25-28,45H2,(H,46,50)(H,47,51)/t35-,39+,43+/m0/s1. The molecule has 5 N–H and O–H groups in total. The molecule has 0 unspecified atom stereocenters. The minimum absolute atomic E-state index is 0.00662. The maximum atomic E-state index is 12.7. The van der Waals surface area contributed by atoms with Crippen molar-refractivity contribution in [2.24, 2.45) is 0 Å². The third-order valence-corrected chi connectivity index (χ3v) is 11.8. The summed E-state index contributed by atoms with van der Waals surface area (Å²) in [6, 6.07) is 39.7. The average Bonchev–Trinajstić information content (AvgIpc) is 3.65. The molecule has 282 valence electrons. The second kappa shape index (κ2) is 18.5. The number of aliphatic hydroxyl groups is 1. The summed E-state index contributed by atoms with van der Waals surface area (Å²) in [6.07, 6.45) is 1.72. The van der Waals surface area contributed by atoms with Crippen LogP contribution in [0.15, 0.2) is 126 Å². The van der Waals surface area contributed by atoms with E-state index >= 15 is 0 Å². The Bertz CT molecular complexity index is 2190. The molecule has 0 spiro atoms. The van der Waals surface area contributed by atoms with Crippen LogP contribution in [0, 0.1) is 0 Å². The molecular weight excluding hydrogens is 729 g/mol. The fraction of sp³-hybridized carbons (Fsp3) is 0.250. The highest BCUT2D eigenvalue weighted by Gasteiger charge is 2.32. The van der Waals surface area contributed by atoms with Gasteiger partial charge in [-0.15, -0.1) is 11.3 Å². The Kier molecular flexibility index (Phi) is 12.9. The summed E-state index contributed by atoms with van der Waals surface area (Å²) >= 11 is 3.41. The minimum atomic E-state index is -0.581. The normalized spacial score (nSPS) is 16.9. The molecule has 1 aliphatic heterocycles. The molecule has 1 aliphatic rings. The summed E-state index contributed by atoms with van der Waals surface area (Å²) in [5.74, 6) is 0.564. The van der Waals surface area contributed by atoms with Gasteiger partial charge in [0, 0.05) is 37.1 Å². The number of nitrogens with zero attached hydrogens (tertiary/aromatic N) is 1. The molecule has 0 bridgehead atoms. The van der Waals surface area contributed by atoms with Gasteiger partial charge in [-0.2, -0.15) is 0 Å². The third-order valence-electron chi connectivity index (χ3n) is 9.48. The van der Waals surface area contributed by atoms with Crippen LogP contribution in [0.3, 0.4) is 0 Å². The molecule has 0 aliphatic carbocycles. The zero-order valence-corrected chi connectivity index (χ0v) is 32.0. The van der Waals surface area contributed by atoms with Crippen molar-refractivity contribution in [3.8, 4) is 11.1 Å². The Morgan fingerprint density at radius 3 is 2.35 bits per heavy atom. The number of unbranched alkanes of at least 4 members (excludes halogenated alkanes) is 1. The number of carbonyl (C=O) groups is 2. The molecule has 1 fully saturated rings. The molecule has 1 saturated heterocycles. The maximum absolute atomic E-state index is 12.7. The first-order chi connectivity index (χ1) is 26.9. The highest BCUT2D eigenvalue weighted by Crippen LogP contribution is 2.41. The predicted octanol–water partition coefficient (Wildman–Crippen LogP) is 9.19. The molecule has 6 aromatic rings.